The fraction of sp³-hybridized carbons (Fsp3) is 0.154. The van der Waals surface area contributed by atoms with Crippen LogP contribution < -0.4 is 10.2 Å². The average molecular weight is 403 g/mol. The predicted molar refractivity (Wildman–Crippen MR) is 128 cm³/mol. The van der Waals surface area contributed by atoms with Gasteiger partial charge in [-0.15, -0.1) is 0 Å². The predicted octanol–water partition coefficient (Wildman–Crippen LogP) is 7.08. The Labute approximate surface area is 179 Å². The molecule has 3 heteroatoms. The Morgan fingerprint density at radius 2 is 1.59 bits per heavy atom. The Morgan fingerprint density at radius 3 is 2.28 bits per heavy atom. The van der Waals surface area contributed by atoms with Crippen LogP contribution in [0.1, 0.15) is 23.1 Å². The smallest absolute Gasteiger partial charge is 0.0412 e. The monoisotopic (exact) mass is 402 g/mol. The highest BCUT2D eigenvalue weighted by molar-refractivity contribution is 6.30. The Kier molecular flexibility index (Phi) is 6.79. The molecule has 0 atom stereocenters. The Morgan fingerprint density at radius 1 is 0.931 bits per heavy atom. The van der Waals surface area contributed by atoms with E-state index in [9.17, 15) is 0 Å². The summed E-state index contributed by atoms with van der Waals surface area (Å²) in [6.07, 6.45) is 0.828. The largest absolute Gasteiger partial charge is 0.385 e. The summed E-state index contributed by atoms with van der Waals surface area (Å²) in [4.78, 5) is 2.16. The molecule has 0 saturated heterocycles. The fourth-order valence-corrected chi connectivity index (χ4v) is 3.44. The minimum absolute atomic E-state index is 0.740. The van der Waals surface area contributed by atoms with Gasteiger partial charge in [-0.3, -0.25) is 0 Å². The normalized spacial score (nSPS) is 10.4. The minimum Gasteiger partial charge on any atom is -0.385 e. The third kappa shape index (κ3) is 5.30. The van der Waals surface area contributed by atoms with Crippen molar-refractivity contribution in [2.75, 3.05) is 18.5 Å². The van der Waals surface area contributed by atoms with Gasteiger partial charge in [0.2, 0.25) is 0 Å². The summed E-state index contributed by atoms with van der Waals surface area (Å²) >= 11 is 6.13. The first-order valence-electron chi connectivity index (χ1n) is 9.72. The van der Waals surface area contributed by atoms with Crippen LogP contribution in [0.4, 0.5) is 11.4 Å². The molecule has 0 heterocycles. The number of nitrogens with one attached hydrogen (secondary N) is 1. The molecule has 1 N–H and O–H groups in total. The summed E-state index contributed by atoms with van der Waals surface area (Å²) in [5.74, 6) is 0. The van der Waals surface area contributed by atoms with Crippen LogP contribution in [0.25, 0.3) is 11.3 Å². The SMILES string of the molecule is C=C(NCCC(=C)c1cc(Cl)ccc1C)c1ccc(N(C)c2ccccc2)cc1. The van der Waals surface area contributed by atoms with E-state index in [1.807, 2.05) is 36.4 Å². The number of aryl methyl sites for hydroxylation is 1. The van der Waals surface area contributed by atoms with Crippen molar-refractivity contribution < 1.29 is 0 Å². The summed E-state index contributed by atoms with van der Waals surface area (Å²) in [5, 5.41) is 4.15. The zero-order valence-electron chi connectivity index (χ0n) is 17.1. The van der Waals surface area contributed by atoms with Gasteiger partial charge < -0.3 is 10.2 Å². The molecule has 0 aliphatic rings. The first kappa shape index (κ1) is 20.8. The van der Waals surface area contributed by atoms with Crippen LogP contribution >= 0.6 is 11.6 Å². The van der Waals surface area contributed by atoms with Gasteiger partial charge in [-0.2, -0.15) is 0 Å². The van der Waals surface area contributed by atoms with Crippen molar-refractivity contribution in [3.63, 3.8) is 0 Å². The van der Waals surface area contributed by atoms with E-state index >= 15 is 0 Å². The van der Waals surface area contributed by atoms with E-state index in [-0.39, 0.29) is 0 Å². The van der Waals surface area contributed by atoms with Crippen molar-refractivity contribution in [2.45, 2.75) is 13.3 Å². The summed E-state index contributed by atoms with van der Waals surface area (Å²) in [5.41, 5.74) is 7.68. The van der Waals surface area contributed by atoms with Gasteiger partial charge in [0, 0.05) is 35.7 Å². The van der Waals surface area contributed by atoms with Crippen molar-refractivity contribution in [1.82, 2.24) is 5.32 Å². The molecule has 3 rings (SSSR count). The van der Waals surface area contributed by atoms with Crippen LogP contribution in [0.15, 0.2) is 86.0 Å². The maximum absolute atomic E-state index is 6.13. The number of rotatable bonds is 8. The third-order valence-electron chi connectivity index (χ3n) is 5.09. The van der Waals surface area contributed by atoms with Gasteiger partial charge in [-0.1, -0.05) is 61.2 Å². The van der Waals surface area contributed by atoms with Crippen LogP contribution in [-0.2, 0) is 0 Å². The van der Waals surface area contributed by atoms with E-state index in [4.69, 9.17) is 11.6 Å². The highest BCUT2D eigenvalue weighted by Gasteiger charge is 2.06. The quantitative estimate of drug-likeness (QED) is 0.433. The van der Waals surface area contributed by atoms with E-state index in [1.165, 1.54) is 5.56 Å². The minimum atomic E-state index is 0.740. The van der Waals surface area contributed by atoms with Crippen LogP contribution in [0, 0.1) is 6.92 Å². The molecule has 0 radical (unpaired) electrons. The van der Waals surface area contributed by atoms with Crippen molar-refractivity contribution in [2.24, 2.45) is 0 Å². The lowest BCUT2D eigenvalue weighted by Gasteiger charge is -2.20. The van der Waals surface area contributed by atoms with Gasteiger partial charge in [0.05, 0.1) is 0 Å². The Balaban J connectivity index is 1.56. The topological polar surface area (TPSA) is 15.3 Å². The van der Waals surface area contributed by atoms with Gasteiger partial charge in [0.1, 0.15) is 0 Å². The lowest BCUT2D eigenvalue weighted by atomic mass is 9.99. The second-order valence-electron chi connectivity index (χ2n) is 7.16. The second-order valence-corrected chi connectivity index (χ2v) is 7.60. The summed E-state index contributed by atoms with van der Waals surface area (Å²) in [7, 11) is 2.07. The molecule has 0 amide bonds. The highest BCUT2D eigenvalue weighted by Crippen LogP contribution is 2.25. The van der Waals surface area contributed by atoms with E-state index in [0.717, 1.165) is 51.8 Å². The number of para-hydroxylation sites is 1. The lowest BCUT2D eigenvalue weighted by Crippen LogP contribution is -2.14. The van der Waals surface area contributed by atoms with Crippen molar-refractivity contribution in [3.8, 4) is 0 Å². The van der Waals surface area contributed by atoms with Crippen molar-refractivity contribution in [3.05, 3.63) is 108 Å². The molecule has 0 aliphatic carbocycles. The molecule has 0 saturated carbocycles. The molecule has 0 fully saturated rings. The summed E-state index contributed by atoms with van der Waals surface area (Å²) in [6.45, 7) is 11.3. The number of hydrogen-bond acceptors (Lipinski definition) is 2. The number of benzene rings is 3. The zero-order chi connectivity index (χ0) is 20.8. The fourth-order valence-electron chi connectivity index (χ4n) is 3.26. The zero-order valence-corrected chi connectivity index (χ0v) is 17.8. The summed E-state index contributed by atoms with van der Waals surface area (Å²) in [6, 6.07) is 24.7. The maximum Gasteiger partial charge on any atom is 0.0412 e. The van der Waals surface area contributed by atoms with E-state index in [0.29, 0.717) is 0 Å². The molecule has 3 aromatic carbocycles. The molecule has 29 heavy (non-hydrogen) atoms. The van der Waals surface area contributed by atoms with Crippen LogP contribution in [0.3, 0.4) is 0 Å². The van der Waals surface area contributed by atoms with Gasteiger partial charge >= 0.3 is 0 Å². The van der Waals surface area contributed by atoms with E-state index in [2.05, 4.69) is 73.7 Å². The average Bonchev–Trinajstić information content (AvgIpc) is 2.75. The first-order chi connectivity index (χ1) is 14.0. The standard InChI is InChI=1S/C26H27ClN2/c1-19-10-13-23(27)18-26(19)20(2)16-17-28-21(3)22-11-14-25(15-12-22)29(4)24-8-6-5-7-9-24/h5-15,18,28H,2-3,16-17H2,1,4H3. The van der Waals surface area contributed by atoms with Gasteiger partial charge in [0.25, 0.3) is 0 Å². The van der Waals surface area contributed by atoms with Gasteiger partial charge in [-0.25, -0.2) is 0 Å². The summed E-state index contributed by atoms with van der Waals surface area (Å²) < 4.78 is 0. The molecule has 148 valence electrons. The molecule has 0 spiro atoms. The molecule has 3 aromatic rings. The Bertz CT molecular complexity index is 991. The maximum atomic E-state index is 6.13. The number of anilines is 2. The number of nitrogens with zero attached hydrogens (tertiary/aromatic N) is 1. The van der Waals surface area contributed by atoms with E-state index in [1.54, 1.807) is 0 Å². The van der Waals surface area contributed by atoms with E-state index < -0.39 is 0 Å². The van der Waals surface area contributed by atoms with Crippen LogP contribution in [-0.4, -0.2) is 13.6 Å². The third-order valence-corrected chi connectivity index (χ3v) is 5.33. The van der Waals surface area contributed by atoms with Crippen LogP contribution in [0.5, 0.6) is 0 Å². The number of halogens is 1. The molecule has 0 aliphatic heterocycles. The number of hydrogen-bond donors (Lipinski definition) is 1. The van der Waals surface area contributed by atoms with Crippen molar-refractivity contribution >= 4 is 34.2 Å². The second kappa shape index (κ2) is 9.49. The molecule has 0 aromatic heterocycles. The molecular weight excluding hydrogens is 376 g/mol. The highest BCUT2D eigenvalue weighted by atomic mass is 35.5. The molecule has 2 nitrogen and oxygen atoms in total. The first-order valence-corrected chi connectivity index (χ1v) is 10.1. The van der Waals surface area contributed by atoms with Crippen molar-refractivity contribution in [1.29, 1.82) is 0 Å². The molecular formula is C26H27ClN2. The van der Waals surface area contributed by atoms with Gasteiger partial charge in [-0.05, 0) is 72.0 Å². The molecule has 0 bridgehead atoms. The van der Waals surface area contributed by atoms with Gasteiger partial charge in [0.15, 0.2) is 0 Å². The lowest BCUT2D eigenvalue weighted by molar-refractivity contribution is 0.880. The Hall–Kier alpha value is -2.97. The molecule has 0 unspecified atom stereocenters. The van der Waals surface area contributed by atoms with Crippen LogP contribution in [0.2, 0.25) is 5.02 Å².